The minimum Gasteiger partial charge on any atom is -0.495 e. The fourth-order valence-corrected chi connectivity index (χ4v) is 3.39. The van der Waals surface area contributed by atoms with Gasteiger partial charge in [-0.15, -0.1) is 11.6 Å². The SMILES string of the molecule is CCN(C)S(=O)(=O)c1cc(Cl)cc(CCl)c1OC. The van der Waals surface area contributed by atoms with Gasteiger partial charge < -0.3 is 4.74 Å². The maximum absolute atomic E-state index is 12.3. The van der Waals surface area contributed by atoms with Crippen molar-refractivity contribution in [1.82, 2.24) is 4.31 Å². The molecule has 0 heterocycles. The van der Waals surface area contributed by atoms with Crippen molar-refractivity contribution in [3.05, 3.63) is 22.7 Å². The van der Waals surface area contributed by atoms with Crippen molar-refractivity contribution in [2.75, 3.05) is 20.7 Å². The number of hydrogen-bond donors (Lipinski definition) is 0. The van der Waals surface area contributed by atoms with Crippen LogP contribution in [0.25, 0.3) is 0 Å². The molecule has 0 amide bonds. The Labute approximate surface area is 117 Å². The third-order valence-corrected chi connectivity index (χ3v) is 5.02. The zero-order chi connectivity index (χ0) is 13.9. The van der Waals surface area contributed by atoms with E-state index in [4.69, 9.17) is 27.9 Å². The second-order valence-electron chi connectivity index (χ2n) is 3.65. The third kappa shape index (κ3) is 2.91. The summed E-state index contributed by atoms with van der Waals surface area (Å²) in [7, 11) is -0.719. The molecule has 0 aromatic heterocycles. The number of rotatable bonds is 5. The first-order chi connectivity index (χ1) is 8.38. The van der Waals surface area contributed by atoms with Crippen molar-refractivity contribution in [2.45, 2.75) is 17.7 Å². The highest BCUT2D eigenvalue weighted by molar-refractivity contribution is 7.89. The Morgan fingerprint density at radius 1 is 1.39 bits per heavy atom. The first kappa shape index (κ1) is 15.6. The average Bonchev–Trinajstić information content (AvgIpc) is 2.36. The van der Waals surface area contributed by atoms with Crippen molar-refractivity contribution < 1.29 is 13.2 Å². The molecule has 1 rings (SSSR count). The number of halogens is 2. The van der Waals surface area contributed by atoms with Crippen LogP contribution < -0.4 is 4.74 Å². The van der Waals surface area contributed by atoms with E-state index in [1.165, 1.54) is 24.5 Å². The smallest absolute Gasteiger partial charge is 0.246 e. The van der Waals surface area contributed by atoms with Crippen LogP contribution in [0.4, 0.5) is 0 Å². The number of alkyl halides is 1. The predicted molar refractivity (Wildman–Crippen MR) is 73.1 cm³/mol. The van der Waals surface area contributed by atoms with Gasteiger partial charge in [-0.05, 0) is 12.1 Å². The van der Waals surface area contributed by atoms with E-state index < -0.39 is 10.0 Å². The molecule has 0 saturated heterocycles. The molecule has 1 aromatic rings. The van der Waals surface area contributed by atoms with Crippen LogP contribution in [0.1, 0.15) is 12.5 Å². The van der Waals surface area contributed by atoms with E-state index in [0.717, 1.165) is 0 Å². The molecular weight excluding hydrogens is 297 g/mol. The van der Waals surface area contributed by atoms with Crippen LogP contribution in [-0.2, 0) is 15.9 Å². The molecule has 18 heavy (non-hydrogen) atoms. The molecule has 7 heteroatoms. The lowest BCUT2D eigenvalue weighted by molar-refractivity contribution is 0.395. The number of benzene rings is 1. The predicted octanol–water partition coefficient (Wildman–Crippen LogP) is 2.73. The summed E-state index contributed by atoms with van der Waals surface area (Å²) in [6.45, 7) is 2.10. The Kier molecular flexibility index (Phi) is 5.28. The summed E-state index contributed by atoms with van der Waals surface area (Å²) >= 11 is 11.7. The molecule has 0 bridgehead atoms. The lowest BCUT2D eigenvalue weighted by Gasteiger charge is -2.18. The number of sulfonamides is 1. The second-order valence-corrected chi connectivity index (χ2v) is 6.37. The fraction of sp³-hybridized carbons (Fsp3) is 0.455. The van der Waals surface area contributed by atoms with Crippen LogP contribution in [-0.4, -0.2) is 33.4 Å². The Morgan fingerprint density at radius 2 is 2.00 bits per heavy atom. The standard InChI is InChI=1S/C11H15Cl2NO3S/c1-4-14(2)18(15,16)10-6-9(13)5-8(7-12)11(10)17-3/h5-6H,4,7H2,1-3H3. The molecule has 0 fully saturated rings. The summed E-state index contributed by atoms with van der Waals surface area (Å²) in [6.07, 6.45) is 0. The highest BCUT2D eigenvalue weighted by Gasteiger charge is 2.26. The molecule has 0 radical (unpaired) electrons. The molecule has 0 aliphatic rings. The molecule has 0 spiro atoms. The van der Waals surface area contributed by atoms with Gasteiger partial charge >= 0.3 is 0 Å². The van der Waals surface area contributed by atoms with Crippen molar-refractivity contribution >= 4 is 33.2 Å². The lowest BCUT2D eigenvalue weighted by atomic mass is 10.2. The van der Waals surface area contributed by atoms with E-state index in [1.807, 2.05) is 0 Å². The van der Waals surface area contributed by atoms with Gasteiger partial charge in [0.15, 0.2) is 0 Å². The zero-order valence-corrected chi connectivity index (χ0v) is 12.7. The molecule has 0 aliphatic heterocycles. The van der Waals surface area contributed by atoms with Crippen LogP contribution in [0, 0.1) is 0 Å². The van der Waals surface area contributed by atoms with E-state index in [-0.39, 0.29) is 16.5 Å². The van der Waals surface area contributed by atoms with E-state index in [9.17, 15) is 8.42 Å². The average molecular weight is 312 g/mol. The van der Waals surface area contributed by atoms with Crippen LogP contribution in [0.5, 0.6) is 5.75 Å². The second kappa shape index (κ2) is 6.10. The van der Waals surface area contributed by atoms with Crippen molar-refractivity contribution in [2.24, 2.45) is 0 Å². The largest absolute Gasteiger partial charge is 0.495 e. The first-order valence-electron chi connectivity index (χ1n) is 5.27. The van der Waals surface area contributed by atoms with Crippen LogP contribution in [0.3, 0.4) is 0 Å². The number of ether oxygens (including phenoxy) is 1. The number of nitrogens with zero attached hydrogens (tertiary/aromatic N) is 1. The normalized spacial score (nSPS) is 11.9. The summed E-state index contributed by atoms with van der Waals surface area (Å²) in [4.78, 5) is 0.0394. The topological polar surface area (TPSA) is 46.6 Å². The van der Waals surface area contributed by atoms with Gasteiger partial charge in [-0.25, -0.2) is 12.7 Å². The van der Waals surface area contributed by atoms with Crippen molar-refractivity contribution in [3.63, 3.8) is 0 Å². The summed E-state index contributed by atoms with van der Waals surface area (Å²) in [5.41, 5.74) is 0.551. The molecule has 102 valence electrons. The molecule has 4 nitrogen and oxygen atoms in total. The van der Waals surface area contributed by atoms with Gasteiger partial charge in [0.1, 0.15) is 10.6 Å². The minimum absolute atomic E-state index is 0.0394. The van der Waals surface area contributed by atoms with Gasteiger partial charge in [0.05, 0.1) is 13.0 Å². The lowest BCUT2D eigenvalue weighted by Crippen LogP contribution is -2.27. The van der Waals surface area contributed by atoms with Crippen molar-refractivity contribution in [1.29, 1.82) is 0 Å². The van der Waals surface area contributed by atoms with Gasteiger partial charge in [-0.1, -0.05) is 18.5 Å². The van der Waals surface area contributed by atoms with E-state index >= 15 is 0 Å². The fourth-order valence-electron chi connectivity index (χ4n) is 1.48. The minimum atomic E-state index is -3.62. The van der Waals surface area contributed by atoms with Crippen LogP contribution in [0.2, 0.25) is 5.02 Å². The monoisotopic (exact) mass is 311 g/mol. The Bertz CT molecular complexity index is 531. The Morgan fingerprint density at radius 3 is 2.44 bits per heavy atom. The van der Waals surface area contributed by atoms with Crippen LogP contribution >= 0.6 is 23.2 Å². The highest BCUT2D eigenvalue weighted by atomic mass is 35.5. The van der Waals surface area contributed by atoms with Gasteiger partial charge in [0.25, 0.3) is 0 Å². The summed E-state index contributed by atoms with van der Waals surface area (Å²) in [6, 6.07) is 2.97. The van der Waals surface area contributed by atoms with E-state index in [1.54, 1.807) is 13.0 Å². The Balaban J connectivity index is 3.54. The molecule has 0 saturated carbocycles. The van der Waals surface area contributed by atoms with E-state index in [0.29, 0.717) is 17.1 Å². The van der Waals surface area contributed by atoms with Gasteiger partial charge in [0.2, 0.25) is 10.0 Å². The summed E-state index contributed by atoms with van der Waals surface area (Å²) in [5.74, 6) is 0.372. The van der Waals surface area contributed by atoms with Gasteiger partial charge in [-0.2, -0.15) is 0 Å². The summed E-state index contributed by atoms with van der Waals surface area (Å²) < 4.78 is 31.0. The van der Waals surface area contributed by atoms with Crippen LogP contribution in [0.15, 0.2) is 17.0 Å². The quantitative estimate of drug-likeness (QED) is 0.785. The molecule has 1 aromatic carbocycles. The molecule has 0 aliphatic carbocycles. The highest BCUT2D eigenvalue weighted by Crippen LogP contribution is 2.34. The third-order valence-electron chi connectivity index (χ3n) is 2.58. The first-order valence-corrected chi connectivity index (χ1v) is 7.62. The van der Waals surface area contributed by atoms with Gasteiger partial charge in [0, 0.05) is 24.2 Å². The zero-order valence-electron chi connectivity index (χ0n) is 10.4. The molecule has 0 unspecified atom stereocenters. The molecule has 0 N–H and O–H groups in total. The van der Waals surface area contributed by atoms with Crippen molar-refractivity contribution in [3.8, 4) is 5.75 Å². The number of methoxy groups -OCH3 is 1. The molecule has 0 atom stereocenters. The molecular formula is C11H15Cl2NO3S. The van der Waals surface area contributed by atoms with E-state index in [2.05, 4.69) is 0 Å². The summed E-state index contributed by atoms with van der Waals surface area (Å²) in [5, 5.41) is 0.314. The van der Waals surface area contributed by atoms with Gasteiger partial charge in [-0.3, -0.25) is 0 Å². The number of hydrogen-bond acceptors (Lipinski definition) is 3. The Hall–Kier alpha value is -0.490. The maximum Gasteiger partial charge on any atom is 0.246 e. The maximum atomic E-state index is 12.3.